The van der Waals surface area contributed by atoms with E-state index in [4.69, 9.17) is 11.6 Å². The molecule has 0 aliphatic carbocycles. The lowest BCUT2D eigenvalue weighted by atomic mass is 10.1. The molecule has 18 heavy (non-hydrogen) atoms. The van der Waals surface area contributed by atoms with Gasteiger partial charge in [0.05, 0.1) is 10.6 Å². The second-order valence-corrected chi connectivity index (χ2v) is 5.49. The number of nitrogens with one attached hydrogen (secondary N) is 1. The molecule has 0 fully saturated rings. The van der Waals surface area contributed by atoms with E-state index in [0.29, 0.717) is 19.6 Å². The van der Waals surface area contributed by atoms with Gasteiger partial charge in [-0.25, -0.2) is 4.39 Å². The fourth-order valence-electron chi connectivity index (χ4n) is 1.86. The minimum atomic E-state index is -0.798. The number of hydrogen-bond acceptors (Lipinski definition) is 3. The summed E-state index contributed by atoms with van der Waals surface area (Å²) in [5.74, 6) is -0.417. The van der Waals surface area contributed by atoms with Gasteiger partial charge in [-0.15, -0.1) is 0 Å². The van der Waals surface area contributed by atoms with Crippen LogP contribution in [0.2, 0.25) is 5.02 Å². The summed E-state index contributed by atoms with van der Waals surface area (Å²) in [6.45, 7) is 3.35. The molecule has 1 aromatic rings. The summed E-state index contributed by atoms with van der Waals surface area (Å²) in [4.78, 5) is 1.93. The van der Waals surface area contributed by atoms with Crippen LogP contribution in [0.1, 0.15) is 12.5 Å². The maximum Gasteiger partial charge on any atom is 0.141 e. The predicted molar refractivity (Wildman–Crippen MR) is 72.3 cm³/mol. The van der Waals surface area contributed by atoms with Crippen LogP contribution >= 0.6 is 11.6 Å². The van der Waals surface area contributed by atoms with Crippen molar-refractivity contribution in [2.45, 2.75) is 19.1 Å². The van der Waals surface area contributed by atoms with Crippen LogP contribution < -0.4 is 5.32 Å². The van der Waals surface area contributed by atoms with Crippen LogP contribution in [0.15, 0.2) is 18.2 Å². The molecule has 3 nitrogen and oxygen atoms in total. The van der Waals surface area contributed by atoms with Gasteiger partial charge in [-0.1, -0.05) is 17.7 Å². The first-order chi connectivity index (χ1) is 8.30. The second-order valence-electron chi connectivity index (χ2n) is 5.09. The Kier molecular flexibility index (Phi) is 5.53. The molecule has 0 spiro atoms. The first kappa shape index (κ1) is 15.4. The van der Waals surface area contributed by atoms with Gasteiger partial charge in [-0.3, -0.25) is 0 Å². The summed E-state index contributed by atoms with van der Waals surface area (Å²) in [6, 6.07) is 4.61. The topological polar surface area (TPSA) is 35.5 Å². The largest absolute Gasteiger partial charge is 0.388 e. The smallest absolute Gasteiger partial charge is 0.141 e. The minimum Gasteiger partial charge on any atom is -0.388 e. The van der Waals surface area contributed by atoms with Crippen molar-refractivity contribution in [1.82, 2.24) is 10.2 Å². The molecule has 2 N–H and O–H groups in total. The number of hydrogen-bond donors (Lipinski definition) is 2. The maximum absolute atomic E-state index is 13.0. The molecule has 0 heterocycles. The molecule has 1 aromatic carbocycles. The average molecular weight is 275 g/mol. The third-order valence-corrected chi connectivity index (χ3v) is 2.77. The molecule has 5 heteroatoms. The fourth-order valence-corrected chi connectivity index (χ4v) is 2.07. The van der Waals surface area contributed by atoms with Crippen molar-refractivity contribution in [3.8, 4) is 0 Å². The summed E-state index contributed by atoms with van der Waals surface area (Å²) in [6.07, 6.45) is 0. The summed E-state index contributed by atoms with van der Waals surface area (Å²) in [5, 5.41) is 13.3. The number of benzene rings is 1. The second kappa shape index (κ2) is 6.48. The lowest BCUT2D eigenvalue weighted by Gasteiger charge is -2.27. The number of rotatable bonds is 6. The highest BCUT2D eigenvalue weighted by Crippen LogP contribution is 2.15. The Morgan fingerprint density at radius 1 is 1.44 bits per heavy atom. The molecule has 102 valence electrons. The van der Waals surface area contributed by atoms with Gasteiger partial charge >= 0.3 is 0 Å². The zero-order valence-corrected chi connectivity index (χ0v) is 11.8. The third-order valence-electron chi connectivity index (χ3n) is 2.48. The lowest BCUT2D eigenvalue weighted by molar-refractivity contribution is 0.0336. The normalized spacial score (nSPS) is 14.8. The molecular formula is C13H20ClFN2O. The molecule has 0 radical (unpaired) electrons. The van der Waals surface area contributed by atoms with E-state index in [2.05, 4.69) is 5.32 Å². The highest BCUT2D eigenvalue weighted by atomic mass is 35.5. The van der Waals surface area contributed by atoms with Crippen LogP contribution in [-0.2, 0) is 6.54 Å². The Morgan fingerprint density at radius 2 is 2.11 bits per heavy atom. The molecule has 1 atom stereocenters. The molecule has 0 aliphatic rings. The van der Waals surface area contributed by atoms with Gasteiger partial charge in [0.15, 0.2) is 0 Å². The molecule has 0 amide bonds. The summed E-state index contributed by atoms with van der Waals surface area (Å²) < 4.78 is 13.0. The van der Waals surface area contributed by atoms with Crippen LogP contribution in [0.25, 0.3) is 0 Å². The van der Waals surface area contributed by atoms with Crippen molar-refractivity contribution >= 4 is 11.6 Å². The van der Waals surface area contributed by atoms with Crippen LogP contribution in [0, 0.1) is 5.82 Å². The van der Waals surface area contributed by atoms with Gasteiger partial charge in [0.25, 0.3) is 0 Å². The van der Waals surface area contributed by atoms with Crippen molar-refractivity contribution in [2.75, 3.05) is 27.2 Å². The Balaban J connectivity index is 2.43. The molecule has 0 saturated heterocycles. The average Bonchev–Trinajstić information content (AvgIpc) is 2.21. The number of halogens is 2. The molecule has 0 saturated carbocycles. The van der Waals surface area contributed by atoms with Crippen molar-refractivity contribution in [3.05, 3.63) is 34.6 Å². The quantitative estimate of drug-likeness (QED) is 0.832. The summed E-state index contributed by atoms with van der Waals surface area (Å²) >= 11 is 5.69. The van der Waals surface area contributed by atoms with E-state index in [9.17, 15) is 9.50 Å². The molecule has 0 bridgehead atoms. The Morgan fingerprint density at radius 3 is 2.67 bits per heavy atom. The van der Waals surface area contributed by atoms with Crippen LogP contribution in [0.4, 0.5) is 4.39 Å². The van der Waals surface area contributed by atoms with Crippen LogP contribution in [-0.4, -0.2) is 42.8 Å². The maximum atomic E-state index is 13.0. The minimum absolute atomic E-state index is 0.120. The van der Waals surface area contributed by atoms with Crippen LogP contribution in [0.3, 0.4) is 0 Å². The fraction of sp³-hybridized carbons (Fsp3) is 0.538. The molecule has 1 unspecified atom stereocenters. The zero-order valence-electron chi connectivity index (χ0n) is 11.0. The van der Waals surface area contributed by atoms with Gasteiger partial charge < -0.3 is 15.3 Å². The van der Waals surface area contributed by atoms with E-state index in [1.165, 1.54) is 6.07 Å². The van der Waals surface area contributed by atoms with Crippen molar-refractivity contribution in [3.63, 3.8) is 0 Å². The van der Waals surface area contributed by atoms with E-state index in [-0.39, 0.29) is 5.02 Å². The first-order valence-corrected chi connectivity index (χ1v) is 6.20. The SMILES string of the molecule is CN(C)CC(C)(O)CNCc1ccc(F)c(Cl)c1. The zero-order chi connectivity index (χ0) is 13.8. The van der Waals surface area contributed by atoms with E-state index in [1.54, 1.807) is 19.1 Å². The highest BCUT2D eigenvalue weighted by molar-refractivity contribution is 6.30. The molecule has 1 rings (SSSR count). The van der Waals surface area contributed by atoms with Crippen molar-refractivity contribution < 1.29 is 9.50 Å². The summed E-state index contributed by atoms with van der Waals surface area (Å²) in [7, 11) is 3.82. The van der Waals surface area contributed by atoms with Gasteiger partial charge in [0.1, 0.15) is 5.82 Å². The van der Waals surface area contributed by atoms with E-state index >= 15 is 0 Å². The Hall–Kier alpha value is -0.680. The summed E-state index contributed by atoms with van der Waals surface area (Å²) in [5.41, 5.74) is 0.0925. The monoisotopic (exact) mass is 274 g/mol. The predicted octanol–water partition coefficient (Wildman–Crippen LogP) is 1.88. The van der Waals surface area contributed by atoms with Crippen LogP contribution in [0.5, 0.6) is 0 Å². The van der Waals surface area contributed by atoms with Gasteiger partial charge in [0.2, 0.25) is 0 Å². The van der Waals surface area contributed by atoms with Gasteiger partial charge in [0, 0.05) is 19.6 Å². The van der Waals surface area contributed by atoms with E-state index in [1.807, 2.05) is 19.0 Å². The van der Waals surface area contributed by atoms with Gasteiger partial charge in [-0.05, 0) is 38.7 Å². The number of likely N-dealkylation sites (N-methyl/N-ethyl adjacent to an activating group) is 1. The standard InChI is InChI=1S/C13H20ClFN2O/c1-13(18,9-17(2)3)8-16-7-10-4-5-12(15)11(14)6-10/h4-6,16,18H,7-9H2,1-3H3. The Bertz CT molecular complexity index is 397. The number of nitrogens with zero attached hydrogens (tertiary/aromatic N) is 1. The van der Waals surface area contributed by atoms with Crippen molar-refractivity contribution in [2.24, 2.45) is 0 Å². The molecule has 0 aliphatic heterocycles. The Labute approximate surface area is 113 Å². The molecular weight excluding hydrogens is 255 g/mol. The van der Waals surface area contributed by atoms with E-state index < -0.39 is 11.4 Å². The van der Waals surface area contributed by atoms with Gasteiger partial charge in [-0.2, -0.15) is 0 Å². The lowest BCUT2D eigenvalue weighted by Crippen LogP contribution is -2.45. The van der Waals surface area contributed by atoms with E-state index in [0.717, 1.165) is 5.56 Å². The number of aliphatic hydroxyl groups is 1. The molecule has 0 aromatic heterocycles. The first-order valence-electron chi connectivity index (χ1n) is 5.82. The van der Waals surface area contributed by atoms with Crippen molar-refractivity contribution in [1.29, 1.82) is 0 Å². The third kappa shape index (κ3) is 5.31. The highest BCUT2D eigenvalue weighted by Gasteiger charge is 2.20.